The Hall–Kier alpha value is -2.81. The molecule has 0 unspecified atom stereocenters. The fourth-order valence-corrected chi connectivity index (χ4v) is 2.50. The lowest BCUT2D eigenvalue weighted by atomic mass is 10.2. The lowest BCUT2D eigenvalue weighted by Gasteiger charge is -2.06. The summed E-state index contributed by atoms with van der Waals surface area (Å²) in [6.45, 7) is 3.69. The molecule has 0 aliphatic carbocycles. The smallest absolute Gasteiger partial charge is 0.344 e. The maximum Gasteiger partial charge on any atom is 0.344 e. The van der Waals surface area contributed by atoms with Gasteiger partial charge in [-0.25, -0.2) is 9.59 Å². The summed E-state index contributed by atoms with van der Waals surface area (Å²) in [6.07, 6.45) is 2.06. The molecule has 2 aromatic rings. The van der Waals surface area contributed by atoms with Crippen LogP contribution in [0.3, 0.4) is 0 Å². The van der Waals surface area contributed by atoms with Crippen molar-refractivity contribution in [3.05, 3.63) is 40.6 Å². The van der Waals surface area contributed by atoms with Crippen molar-refractivity contribution in [2.75, 3.05) is 13.2 Å². The summed E-state index contributed by atoms with van der Waals surface area (Å²) in [5.74, 6) is -0.634. The Morgan fingerprint density at radius 3 is 2.54 bits per heavy atom. The first kappa shape index (κ1) is 19.5. The minimum Gasteiger partial charge on any atom is -0.482 e. The molecule has 0 radical (unpaired) electrons. The van der Waals surface area contributed by atoms with Crippen molar-refractivity contribution in [2.24, 2.45) is 0 Å². The number of carbonyl (C=O) groups excluding carboxylic acids is 1. The second-order valence-electron chi connectivity index (χ2n) is 4.89. The Morgan fingerprint density at radius 2 is 1.96 bits per heavy atom. The van der Waals surface area contributed by atoms with Crippen molar-refractivity contribution < 1.29 is 28.6 Å². The number of hydrogen-bond donors (Lipinski definition) is 1. The highest BCUT2D eigenvalue weighted by Crippen LogP contribution is 2.28. The van der Waals surface area contributed by atoms with Crippen LogP contribution in [0.15, 0.2) is 38.8 Å². The van der Waals surface area contributed by atoms with E-state index in [0.717, 1.165) is 11.8 Å². The average Bonchev–Trinajstić information content (AvgIpc) is 3.08. The van der Waals surface area contributed by atoms with Gasteiger partial charge >= 0.3 is 11.9 Å². The zero-order valence-corrected chi connectivity index (χ0v) is 15.1. The van der Waals surface area contributed by atoms with Crippen LogP contribution in [-0.2, 0) is 20.7 Å². The summed E-state index contributed by atoms with van der Waals surface area (Å²) in [6, 6.07) is 6.62. The van der Waals surface area contributed by atoms with E-state index in [1.807, 2.05) is 6.92 Å². The van der Waals surface area contributed by atoms with Crippen LogP contribution in [-0.4, -0.2) is 40.5 Å². The molecule has 1 aromatic heterocycles. The number of aliphatic carboxylic acids is 1. The number of nitrogens with zero attached hydrogens (tertiary/aromatic N) is 2. The summed E-state index contributed by atoms with van der Waals surface area (Å²) in [4.78, 5) is 22.7. The van der Waals surface area contributed by atoms with Crippen molar-refractivity contribution in [3.63, 3.8) is 0 Å². The Kier molecular flexibility index (Phi) is 7.22. The van der Waals surface area contributed by atoms with Crippen LogP contribution in [0.25, 0.3) is 6.08 Å². The topological polar surface area (TPSA) is 112 Å². The van der Waals surface area contributed by atoms with E-state index in [9.17, 15) is 14.7 Å². The van der Waals surface area contributed by atoms with Gasteiger partial charge in [-0.1, -0.05) is 19.1 Å². The highest BCUT2D eigenvalue weighted by atomic mass is 32.2. The number of carbonyl (C=O) groups is 2. The van der Waals surface area contributed by atoms with Crippen molar-refractivity contribution >= 4 is 29.8 Å². The third-order valence-corrected chi connectivity index (χ3v) is 3.85. The van der Waals surface area contributed by atoms with Crippen LogP contribution in [0.1, 0.15) is 25.3 Å². The standard InChI is InChI=1S/C17H18N2O6S/c1-3-14-18-19-17(25-14)26-13(16(21)22)9-11-5-7-12(8-6-11)24-10-15(20)23-4-2/h5-9H,3-4,10H2,1-2H3,(H,21,22)/b13-9-. The van der Waals surface area contributed by atoms with Gasteiger partial charge in [0, 0.05) is 6.42 Å². The van der Waals surface area contributed by atoms with Crippen LogP contribution in [0.5, 0.6) is 5.75 Å². The summed E-state index contributed by atoms with van der Waals surface area (Å²) in [7, 11) is 0. The summed E-state index contributed by atoms with van der Waals surface area (Å²) in [5, 5.41) is 17.1. The Labute approximate surface area is 154 Å². The first-order valence-corrected chi connectivity index (χ1v) is 8.67. The summed E-state index contributed by atoms with van der Waals surface area (Å²) >= 11 is 0.881. The van der Waals surface area contributed by atoms with Gasteiger partial charge in [-0.3, -0.25) is 0 Å². The maximum atomic E-state index is 11.4. The molecule has 2 rings (SSSR count). The normalized spacial score (nSPS) is 11.2. The highest BCUT2D eigenvalue weighted by Gasteiger charge is 2.14. The SMILES string of the molecule is CCOC(=O)COc1ccc(/C=C(\Sc2nnc(CC)o2)C(=O)O)cc1. The van der Waals surface area contributed by atoms with Crippen molar-refractivity contribution in [1.82, 2.24) is 10.2 Å². The minimum atomic E-state index is -1.10. The molecule has 0 saturated carbocycles. The average molecular weight is 378 g/mol. The first-order valence-electron chi connectivity index (χ1n) is 7.85. The number of hydrogen-bond acceptors (Lipinski definition) is 8. The van der Waals surface area contributed by atoms with E-state index in [2.05, 4.69) is 10.2 Å². The summed E-state index contributed by atoms with van der Waals surface area (Å²) < 4.78 is 15.4. The second-order valence-corrected chi connectivity index (χ2v) is 5.89. The molecule has 1 aromatic carbocycles. The molecule has 0 aliphatic rings. The number of esters is 1. The van der Waals surface area contributed by atoms with Crippen LogP contribution >= 0.6 is 11.8 Å². The van der Waals surface area contributed by atoms with Crippen LogP contribution in [0.4, 0.5) is 0 Å². The lowest BCUT2D eigenvalue weighted by molar-refractivity contribution is -0.145. The van der Waals surface area contributed by atoms with Gasteiger partial charge in [0.15, 0.2) is 6.61 Å². The number of ether oxygens (including phenoxy) is 2. The van der Waals surface area contributed by atoms with E-state index in [-0.39, 0.29) is 16.7 Å². The molecular formula is C17H18N2O6S. The van der Waals surface area contributed by atoms with Gasteiger partial charge < -0.3 is 19.0 Å². The highest BCUT2D eigenvalue weighted by molar-refractivity contribution is 8.03. The zero-order chi connectivity index (χ0) is 18.9. The third-order valence-electron chi connectivity index (χ3n) is 3.00. The molecule has 0 bridgehead atoms. The van der Waals surface area contributed by atoms with Crippen LogP contribution < -0.4 is 4.74 Å². The van der Waals surface area contributed by atoms with Gasteiger partial charge in [0.05, 0.1) is 6.61 Å². The molecule has 0 saturated heterocycles. The van der Waals surface area contributed by atoms with Crippen molar-refractivity contribution in [2.45, 2.75) is 25.5 Å². The quantitative estimate of drug-likeness (QED) is 0.400. The number of carboxylic acids is 1. The molecule has 0 spiro atoms. The number of rotatable bonds is 9. The van der Waals surface area contributed by atoms with Gasteiger partial charge in [0.2, 0.25) is 5.89 Å². The minimum absolute atomic E-state index is 0.0384. The summed E-state index contributed by atoms with van der Waals surface area (Å²) in [5.41, 5.74) is 0.647. The molecule has 0 aliphatic heterocycles. The predicted octanol–water partition coefficient (Wildman–Crippen LogP) is 2.79. The van der Waals surface area contributed by atoms with Gasteiger partial charge in [0.1, 0.15) is 10.7 Å². The Balaban J connectivity index is 2.04. The molecule has 0 amide bonds. The van der Waals surface area contributed by atoms with E-state index in [4.69, 9.17) is 13.9 Å². The fraction of sp³-hybridized carbons (Fsp3) is 0.294. The molecule has 9 heteroatoms. The van der Waals surface area contributed by atoms with E-state index in [1.54, 1.807) is 31.2 Å². The van der Waals surface area contributed by atoms with E-state index in [0.29, 0.717) is 30.2 Å². The predicted molar refractivity (Wildman–Crippen MR) is 93.7 cm³/mol. The van der Waals surface area contributed by atoms with Crippen LogP contribution in [0, 0.1) is 0 Å². The molecular weight excluding hydrogens is 360 g/mol. The van der Waals surface area contributed by atoms with Crippen LogP contribution in [0.2, 0.25) is 0 Å². The molecule has 138 valence electrons. The maximum absolute atomic E-state index is 11.4. The van der Waals surface area contributed by atoms with Gasteiger partial charge in [0.25, 0.3) is 5.22 Å². The second kappa shape index (κ2) is 9.62. The van der Waals surface area contributed by atoms with E-state index < -0.39 is 11.9 Å². The van der Waals surface area contributed by atoms with Gasteiger partial charge in [-0.15, -0.1) is 10.2 Å². The largest absolute Gasteiger partial charge is 0.482 e. The van der Waals surface area contributed by atoms with Gasteiger partial charge in [-0.2, -0.15) is 0 Å². The first-order chi connectivity index (χ1) is 12.5. The Bertz CT molecular complexity index is 785. The zero-order valence-electron chi connectivity index (χ0n) is 14.3. The third kappa shape index (κ3) is 5.92. The number of thioether (sulfide) groups is 1. The number of aryl methyl sites for hydroxylation is 1. The molecule has 8 nitrogen and oxygen atoms in total. The molecule has 26 heavy (non-hydrogen) atoms. The number of aromatic nitrogens is 2. The monoisotopic (exact) mass is 378 g/mol. The molecule has 1 N–H and O–H groups in total. The molecule has 0 fully saturated rings. The molecule has 0 atom stereocenters. The van der Waals surface area contributed by atoms with E-state index >= 15 is 0 Å². The van der Waals surface area contributed by atoms with Gasteiger partial charge in [-0.05, 0) is 42.5 Å². The van der Waals surface area contributed by atoms with E-state index in [1.165, 1.54) is 6.08 Å². The lowest BCUT2D eigenvalue weighted by Crippen LogP contribution is -2.14. The number of benzene rings is 1. The van der Waals surface area contributed by atoms with Crippen molar-refractivity contribution in [3.8, 4) is 5.75 Å². The molecule has 1 heterocycles. The van der Waals surface area contributed by atoms with Crippen molar-refractivity contribution in [1.29, 1.82) is 0 Å². The number of carboxylic acid groups (broad SMARTS) is 1. The fourth-order valence-electron chi connectivity index (χ4n) is 1.81. The Morgan fingerprint density at radius 1 is 1.23 bits per heavy atom.